The van der Waals surface area contributed by atoms with Crippen molar-refractivity contribution in [1.29, 1.82) is 0 Å². The van der Waals surface area contributed by atoms with Gasteiger partial charge in [0.15, 0.2) is 0 Å². The number of anilines is 1. The minimum atomic E-state index is -0.468. The highest BCUT2D eigenvalue weighted by Gasteiger charge is 2.11. The first-order valence-electron chi connectivity index (χ1n) is 5.59. The van der Waals surface area contributed by atoms with E-state index in [1.54, 1.807) is 18.2 Å². The molecule has 0 aliphatic rings. The fourth-order valence-corrected chi connectivity index (χ4v) is 2.38. The quantitative estimate of drug-likeness (QED) is 0.632. The fraction of sp³-hybridized carbons (Fsp3) is 0.0769. The Kier molecular flexibility index (Phi) is 4.57. The Morgan fingerprint density at radius 2 is 2.05 bits per heavy atom. The zero-order valence-corrected chi connectivity index (χ0v) is 12.4. The topological polar surface area (TPSA) is 55.2 Å². The molecule has 2 aromatic carbocycles. The van der Waals surface area contributed by atoms with E-state index in [0.29, 0.717) is 21.7 Å². The lowest BCUT2D eigenvalue weighted by atomic mass is 10.2. The molecule has 0 aliphatic heterocycles. The minimum Gasteiger partial charge on any atom is -0.381 e. The van der Waals surface area contributed by atoms with E-state index in [2.05, 4.69) is 21.2 Å². The molecular formula is C13H9BrClFN2O2. The van der Waals surface area contributed by atoms with Gasteiger partial charge in [0, 0.05) is 23.3 Å². The number of hydrogen-bond donors (Lipinski definition) is 1. The third-order valence-electron chi connectivity index (χ3n) is 2.64. The third kappa shape index (κ3) is 3.46. The third-order valence-corrected chi connectivity index (χ3v) is 3.63. The van der Waals surface area contributed by atoms with E-state index in [1.807, 2.05) is 0 Å². The number of rotatable bonds is 4. The van der Waals surface area contributed by atoms with Gasteiger partial charge in [-0.05, 0) is 45.8 Å². The molecule has 0 radical (unpaired) electrons. The van der Waals surface area contributed by atoms with E-state index in [1.165, 1.54) is 18.2 Å². The average Bonchev–Trinajstić information content (AvgIpc) is 2.37. The summed E-state index contributed by atoms with van der Waals surface area (Å²) in [7, 11) is 0. The van der Waals surface area contributed by atoms with Gasteiger partial charge in [0.05, 0.1) is 9.40 Å². The summed E-state index contributed by atoms with van der Waals surface area (Å²) >= 11 is 9.06. The molecule has 20 heavy (non-hydrogen) atoms. The second kappa shape index (κ2) is 6.19. The number of halogens is 3. The first kappa shape index (κ1) is 14.7. The molecule has 0 amide bonds. The molecule has 1 N–H and O–H groups in total. The molecule has 0 aromatic heterocycles. The van der Waals surface area contributed by atoms with E-state index in [-0.39, 0.29) is 5.69 Å². The van der Waals surface area contributed by atoms with Crippen LogP contribution >= 0.6 is 27.5 Å². The van der Waals surface area contributed by atoms with E-state index >= 15 is 0 Å². The van der Waals surface area contributed by atoms with Crippen molar-refractivity contribution >= 4 is 38.9 Å². The normalized spacial score (nSPS) is 10.3. The molecule has 0 saturated carbocycles. The lowest BCUT2D eigenvalue weighted by molar-refractivity contribution is -0.385. The Hall–Kier alpha value is -1.66. The molecule has 0 bridgehead atoms. The van der Waals surface area contributed by atoms with Gasteiger partial charge in [0.2, 0.25) is 0 Å². The highest BCUT2D eigenvalue weighted by molar-refractivity contribution is 9.10. The predicted molar refractivity (Wildman–Crippen MR) is 79.5 cm³/mol. The van der Waals surface area contributed by atoms with Gasteiger partial charge in [-0.25, -0.2) is 4.39 Å². The summed E-state index contributed by atoms with van der Waals surface area (Å²) in [4.78, 5) is 10.2. The summed E-state index contributed by atoms with van der Waals surface area (Å²) in [6, 6.07) is 8.76. The molecule has 104 valence electrons. The summed E-state index contributed by atoms with van der Waals surface area (Å²) in [6.45, 7) is 0.392. The van der Waals surface area contributed by atoms with Gasteiger partial charge in [0.25, 0.3) is 5.69 Å². The van der Waals surface area contributed by atoms with E-state index in [9.17, 15) is 14.5 Å². The van der Waals surface area contributed by atoms with Crippen molar-refractivity contribution in [3.63, 3.8) is 0 Å². The smallest absolute Gasteiger partial charge is 0.283 e. The number of nitrogens with one attached hydrogen (secondary N) is 1. The molecule has 0 aliphatic carbocycles. The zero-order chi connectivity index (χ0) is 14.7. The van der Waals surface area contributed by atoms with Crippen molar-refractivity contribution in [2.45, 2.75) is 6.54 Å². The maximum Gasteiger partial charge on any atom is 0.283 e. The van der Waals surface area contributed by atoms with Gasteiger partial charge in [-0.2, -0.15) is 0 Å². The first-order chi connectivity index (χ1) is 9.47. The predicted octanol–water partition coefficient (Wildman–Crippen LogP) is 4.76. The van der Waals surface area contributed by atoms with Gasteiger partial charge in [-0.1, -0.05) is 17.7 Å². The van der Waals surface area contributed by atoms with E-state index in [4.69, 9.17) is 11.6 Å². The van der Waals surface area contributed by atoms with Crippen LogP contribution in [0.15, 0.2) is 40.9 Å². The molecule has 0 saturated heterocycles. The van der Waals surface area contributed by atoms with Crippen molar-refractivity contribution < 1.29 is 9.31 Å². The highest BCUT2D eigenvalue weighted by Crippen LogP contribution is 2.28. The Morgan fingerprint density at radius 3 is 2.65 bits per heavy atom. The zero-order valence-electron chi connectivity index (χ0n) is 10.1. The maximum absolute atomic E-state index is 12.9. The number of benzene rings is 2. The van der Waals surface area contributed by atoms with E-state index < -0.39 is 10.7 Å². The standard InChI is InChI=1S/C13H9BrClFN2O2/c14-11-6-10(3-4-13(11)18(19)20)17-7-8-1-2-9(16)5-12(8)15/h1-6,17H,7H2. The van der Waals surface area contributed by atoms with Crippen LogP contribution in [0.3, 0.4) is 0 Å². The molecule has 2 aromatic rings. The molecular weight excluding hydrogens is 351 g/mol. The van der Waals surface area contributed by atoms with Crippen molar-refractivity contribution in [2.24, 2.45) is 0 Å². The van der Waals surface area contributed by atoms with Crippen LogP contribution in [0.2, 0.25) is 5.02 Å². The van der Waals surface area contributed by atoms with Gasteiger partial charge in [-0.15, -0.1) is 0 Å². The highest BCUT2D eigenvalue weighted by atomic mass is 79.9. The Labute approximate surface area is 127 Å². The second-order valence-electron chi connectivity index (χ2n) is 4.01. The number of nitro benzene ring substituents is 1. The fourth-order valence-electron chi connectivity index (χ4n) is 1.63. The van der Waals surface area contributed by atoms with Gasteiger partial charge < -0.3 is 5.32 Å². The van der Waals surface area contributed by atoms with Crippen LogP contribution in [0, 0.1) is 15.9 Å². The monoisotopic (exact) mass is 358 g/mol. The molecule has 4 nitrogen and oxygen atoms in total. The van der Waals surface area contributed by atoms with Crippen molar-refractivity contribution in [2.75, 3.05) is 5.32 Å². The van der Waals surface area contributed by atoms with Crippen LogP contribution in [0.4, 0.5) is 15.8 Å². The van der Waals surface area contributed by atoms with Crippen LogP contribution in [0.1, 0.15) is 5.56 Å². The van der Waals surface area contributed by atoms with Crippen LogP contribution in [-0.4, -0.2) is 4.92 Å². The molecule has 0 unspecified atom stereocenters. The SMILES string of the molecule is O=[N+]([O-])c1ccc(NCc2ccc(F)cc2Cl)cc1Br. The summed E-state index contributed by atoms with van der Waals surface area (Å²) in [5.74, 6) is -0.392. The Bertz CT molecular complexity index is 667. The molecule has 2 rings (SSSR count). The second-order valence-corrected chi connectivity index (χ2v) is 5.27. The lowest BCUT2D eigenvalue weighted by Gasteiger charge is -2.08. The minimum absolute atomic E-state index is 0.00429. The first-order valence-corrected chi connectivity index (χ1v) is 6.76. The summed E-state index contributed by atoms with van der Waals surface area (Å²) in [5, 5.41) is 14.1. The van der Waals surface area contributed by atoms with Crippen LogP contribution in [0.5, 0.6) is 0 Å². The van der Waals surface area contributed by atoms with Gasteiger partial charge in [-0.3, -0.25) is 10.1 Å². The van der Waals surface area contributed by atoms with Crippen LogP contribution in [-0.2, 0) is 6.54 Å². The van der Waals surface area contributed by atoms with Gasteiger partial charge >= 0.3 is 0 Å². The molecule has 0 fully saturated rings. The van der Waals surface area contributed by atoms with Crippen LogP contribution < -0.4 is 5.32 Å². The summed E-state index contributed by atoms with van der Waals surface area (Å²) in [5.41, 5.74) is 1.43. The summed E-state index contributed by atoms with van der Waals surface area (Å²) in [6.07, 6.45) is 0. The maximum atomic E-state index is 12.9. The summed E-state index contributed by atoms with van der Waals surface area (Å²) < 4.78 is 13.3. The van der Waals surface area contributed by atoms with E-state index in [0.717, 1.165) is 5.56 Å². The number of nitro groups is 1. The Morgan fingerprint density at radius 1 is 1.30 bits per heavy atom. The van der Waals surface area contributed by atoms with Crippen molar-refractivity contribution in [3.8, 4) is 0 Å². The average molecular weight is 360 g/mol. The number of nitrogens with zero attached hydrogens (tertiary/aromatic N) is 1. The molecule has 0 heterocycles. The van der Waals surface area contributed by atoms with Gasteiger partial charge in [0.1, 0.15) is 5.82 Å². The molecule has 0 atom stereocenters. The number of hydrogen-bond acceptors (Lipinski definition) is 3. The molecule has 7 heteroatoms. The Balaban J connectivity index is 2.11. The van der Waals surface area contributed by atoms with Crippen molar-refractivity contribution in [3.05, 3.63) is 67.4 Å². The molecule has 0 spiro atoms. The largest absolute Gasteiger partial charge is 0.381 e. The van der Waals surface area contributed by atoms with Crippen molar-refractivity contribution in [1.82, 2.24) is 0 Å². The van der Waals surface area contributed by atoms with Crippen LogP contribution in [0.25, 0.3) is 0 Å². The lowest BCUT2D eigenvalue weighted by Crippen LogP contribution is -2.01.